The Kier molecular flexibility index (Phi) is 3.89. The van der Waals surface area contributed by atoms with Crippen molar-refractivity contribution in [2.45, 2.75) is 25.8 Å². The number of hydrogen-bond donors (Lipinski definition) is 1. The molecular formula is C13H17ClN2O. The maximum absolute atomic E-state index is 12.1. The molecule has 1 saturated heterocycles. The van der Waals surface area contributed by atoms with Gasteiger partial charge in [0.05, 0.1) is 0 Å². The molecule has 1 aromatic carbocycles. The van der Waals surface area contributed by atoms with Gasteiger partial charge in [-0.25, -0.2) is 0 Å². The molecular weight excluding hydrogens is 236 g/mol. The zero-order chi connectivity index (χ0) is 12.3. The summed E-state index contributed by atoms with van der Waals surface area (Å²) < 4.78 is 0. The monoisotopic (exact) mass is 252 g/mol. The zero-order valence-corrected chi connectivity index (χ0v) is 10.7. The Balaban J connectivity index is 1.96. The SMILES string of the molecule is CC(Nc1cccc(Cl)c1)C(=O)N1CCCC1. The molecule has 17 heavy (non-hydrogen) atoms. The third kappa shape index (κ3) is 3.13. The normalized spacial score (nSPS) is 16.9. The van der Waals surface area contributed by atoms with Crippen molar-refractivity contribution in [3.05, 3.63) is 29.3 Å². The highest BCUT2D eigenvalue weighted by Gasteiger charge is 2.22. The van der Waals surface area contributed by atoms with Crippen LogP contribution in [0.25, 0.3) is 0 Å². The highest BCUT2D eigenvalue weighted by atomic mass is 35.5. The highest BCUT2D eigenvalue weighted by Crippen LogP contribution is 2.17. The predicted molar refractivity (Wildman–Crippen MR) is 70.4 cm³/mol. The van der Waals surface area contributed by atoms with Gasteiger partial charge in [0.1, 0.15) is 6.04 Å². The zero-order valence-electron chi connectivity index (χ0n) is 9.95. The van der Waals surface area contributed by atoms with Crippen molar-refractivity contribution >= 4 is 23.2 Å². The van der Waals surface area contributed by atoms with Crippen molar-refractivity contribution < 1.29 is 4.79 Å². The lowest BCUT2D eigenvalue weighted by atomic mass is 10.2. The third-order valence-corrected chi connectivity index (χ3v) is 3.23. The molecule has 2 rings (SSSR count). The highest BCUT2D eigenvalue weighted by molar-refractivity contribution is 6.30. The molecule has 0 aliphatic carbocycles. The van der Waals surface area contributed by atoms with Gasteiger partial charge in [-0.05, 0) is 38.0 Å². The number of anilines is 1. The minimum Gasteiger partial charge on any atom is -0.374 e. The first-order valence-corrected chi connectivity index (χ1v) is 6.35. The Hall–Kier alpha value is -1.22. The fraction of sp³-hybridized carbons (Fsp3) is 0.462. The van der Waals surface area contributed by atoms with Gasteiger partial charge >= 0.3 is 0 Å². The predicted octanol–water partition coefficient (Wildman–Crippen LogP) is 2.76. The summed E-state index contributed by atoms with van der Waals surface area (Å²) in [6, 6.07) is 7.23. The largest absolute Gasteiger partial charge is 0.374 e. The lowest BCUT2D eigenvalue weighted by Crippen LogP contribution is -2.39. The van der Waals surface area contributed by atoms with Gasteiger partial charge in [0.15, 0.2) is 0 Å². The summed E-state index contributed by atoms with van der Waals surface area (Å²) in [5.41, 5.74) is 0.887. The number of hydrogen-bond acceptors (Lipinski definition) is 2. The van der Waals surface area contributed by atoms with Crippen molar-refractivity contribution in [2.75, 3.05) is 18.4 Å². The van der Waals surface area contributed by atoms with Gasteiger partial charge in [-0.1, -0.05) is 17.7 Å². The van der Waals surface area contributed by atoms with E-state index < -0.39 is 0 Å². The first kappa shape index (κ1) is 12.2. The van der Waals surface area contributed by atoms with E-state index in [1.54, 1.807) is 0 Å². The number of nitrogens with one attached hydrogen (secondary N) is 1. The van der Waals surface area contributed by atoms with Crippen molar-refractivity contribution in [3.8, 4) is 0 Å². The number of likely N-dealkylation sites (tertiary alicyclic amines) is 1. The third-order valence-electron chi connectivity index (χ3n) is 3.00. The summed E-state index contributed by atoms with van der Waals surface area (Å²) in [7, 11) is 0. The molecule has 1 aromatic rings. The van der Waals surface area contributed by atoms with Gasteiger partial charge in [0, 0.05) is 23.8 Å². The van der Waals surface area contributed by atoms with Gasteiger partial charge < -0.3 is 10.2 Å². The second-order valence-corrected chi connectivity index (χ2v) is 4.85. The Bertz CT molecular complexity index is 402. The van der Waals surface area contributed by atoms with E-state index >= 15 is 0 Å². The summed E-state index contributed by atoms with van der Waals surface area (Å²) in [6.45, 7) is 3.67. The Labute approximate surface area is 107 Å². The Morgan fingerprint density at radius 2 is 2.12 bits per heavy atom. The average molecular weight is 253 g/mol. The summed E-state index contributed by atoms with van der Waals surface area (Å²) >= 11 is 5.90. The molecule has 1 amide bonds. The molecule has 1 heterocycles. The second-order valence-electron chi connectivity index (χ2n) is 4.41. The Morgan fingerprint density at radius 3 is 2.76 bits per heavy atom. The first-order chi connectivity index (χ1) is 8.16. The van der Waals surface area contributed by atoms with Crippen LogP contribution >= 0.6 is 11.6 Å². The molecule has 1 atom stereocenters. The Morgan fingerprint density at radius 1 is 1.41 bits per heavy atom. The van der Waals surface area contributed by atoms with Crippen LogP contribution in [0.1, 0.15) is 19.8 Å². The molecule has 1 aliphatic heterocycles. The quantitative estimate of drug-likeness (QED) is 0.897. The molecule has 4 heteroatoms. The van der Waals surface area contributed by atoms with E-state index in [1.807, 2.05) is 36.1 Å². The van der Waals surface area contributed by atoms with Gasteiger partial charge in [0.2, 0.25) is 5.91 Å². The molecule has 92 valence electrons. The summed E-state index contributed by atoms with van der Waals surface area (Å²) in [4.78, 5) is 14.0. The van der Waals surface area contributed by atoms with E-state index in [1.165, 1.54) is 0 Å². The van der Waals surface area contributed by atoms with E-state index in [4.69, 9.17) is 11.6 Å². The van der Waals surface area contributed by atoms with Crippen LogP contribution in [0.3, 0.4) is 0 Å². The fourth-order valence-corrected chi connectivity index (χ4v) is 2.29. The minimum absolute atomic E-state index is 0.169. The molecule has 1 unspecified atom stereocenters. The molecule has 0 radical (unpaired) electrons. The smallest absolute Gasteiger partial charge is 0.244 e. The van der Waals surface area contributed by atoms with Crippen molar-refractivity contribution in [3.63, 3.8) is 0 Å². The van der Waals surface area contributed by atoms with Crippen LogP contribution in [-0.4, -0.2) is 29.9 Å². The molecule has 1 fully saturated rings. The molecule has 0 saturated carbocycles. The fourth-order valence-electron chi connectivity index (χ4n) is 2.10. The maximum atomic E-state index is 12.1. The van der Waals surface area contributed by atoms with Gasteiger partial charge in [-0.2, -0.15) is 0 Å². The molecule has 3 nitrogen and oxygen atoms in total. The maximum Gasteiger partial charge on any atom is 0.244 e. The number of amides is 1. The van der Waals surface area contributed by atoms with Crippen LogP contribution in [0, 0.1) is 0 Å². The lowest BCUT2D eigenvalue weighted by Gasteiger charge is -2.21. The second kappa shape index (κ2) is 5.41. The first-order valence-electron chi connectivity index (χ1n) is 5.98. The van der Waals surface area contributed by atoms with E-state index in [-0.39, 0.29) is 11.9 Å². The van der Waals surface area contributed by atoms with Crippen LogP contribution in [-0.2, 0) is 4.79 Å². The number of nitrogens with zero attached hydrogens (tertiary/aromatic N) is 1. The van der Waals surface area contributed by atoms with Crippen molar-refractivity contribution in [1.82, 2.24) is 4.90 Å². The van der Waals surface area contributed by atoms with Crippen LogP contribution in [0.5, 0.6) is 0 Å². The molecule has 1 aliphatic rings. The van der Waals surface area contributed by atoms with E-state index in [0.29, 0.717) is 5.02 Å². The number of carbonyl (C=O) groups is 1. The van der Waals surface area contributed by atoms with Crippen molar-refractivity contribution in [1.29, 1.82) is 0 Å². The topological polar surface area (TPSA) is 32.3 Å². The molecule has 0 spiro atoms. The van der Waals surface area contributed by atoms with Crippen LogP contribution < -0.4 is 5.32 Å². The lowest BCUT2D eigenvalue weighted by molar-refractivity contribution is -0.130. The van der Waals surface area contributed by atoms with Gasteiger partial charge in [0.25, 0.3) is 0 Å². The van der Waals surface area contributed by atoms with E-state index in [9.17, 15) is 4.79 Å². The standard InChI is InChI=1S/C13H17ClN2O/c1-10(13(17)16-7-2-3-8-16)15-12-6-4-5-11(14)9-12/h4-6,9-10,15H,2-3,7-8H2,1H3. The number of halogens is 1. The number of rotatable bonds is 3. The van der Waals surface area contributed by atoms with Gasteiger partial charge in [-0.15, -0.1) is 0 Å². The number of carbonyl (C=O) groups excluding carboxylic acids is 1. The number of benzene rings is 1. The van der Waals surface area contributed by atoms with Crippen LogP contribution in [0.4, 0.5) is 5.69 Å². The van der Waals surface area contributed by atoms with Crippen LogP contribution in [0.15, 0.2) is 24.3 Å². The molecule has 1 N–H and O–H groups in total. The molecule has 0 aromatic heterocycles. The summed E-state index contributed by atoms with van der Waals surface area (Å²) in [5.74, 6) is 0.169. The van der Waals surface area contributed by atoms with E-state index in [0.717, 1.165) is 31.6 Å². The van der Waals surface area contributed by atoms with Crippen molar-refractivity contribution in [2.24, 2.45) is 0 Å². The van der Waals surface area contributed by atoms with Crippen LogP contribution in [0.2, 0.25) is 5.02 Å². The summed E-state index contributed by atoms with van der Waals surface area (Å²) in [6.07, 6.45) is 2.24. The van der Waals surface area contributed by atoms with Gasteiger partial charge in [-0.3, -0.25) is 4.79 Å². The van der Waals surface area contributed by atoms with E-state index in [2.05, 4.69) is 5.32 Å². The summed E-state index contributed by atoms with van der Waals surface area (Å²) in [5, 5.41) is 3.86. The minimum atomic E-state index is -0.202. The molecule has 0 bridgehead atoms. The average Bonchev–Trinajstić information content (AvgIpc) is 2.81.